The lowest BCUT2D eigenvalue weighted by Crippen LogP contribution is -2.41. The molecule has 0 saturated carbocycles. The zero-order chi connectivity index (χ0) is 29.6. The van der Waals surface area contributed by atoms with Crippen molar-refractivity contribution in [3.63, 3.8) is 0 Å². The highest BCUT2D eigenvalue weighted by Crippen LogP contribution is 2.29. The largest absolute Gasteiger partial charge is 0.397 e. The summed E-state index contributed by atoms with van der Waals surface area (Å²) >= 11 is 0. The molecule has 3 aromatic rings. The zero-order valence-corrected chi connectivity index (χ0v) is 24.1. The van der Waals surface area contributed by atoms with Gasteiger partial charge in [0.15, 0.2) is 5.84 Å². The summed E-state index contributed by atoms with van der Waals surface area (Å²) in [6, 6.07) is 13.0. The average Bonchev–Trinajstić information content (AvgIpc) is 2.99. The summed E-state index contributed by atoms with van der Waals surface area (Å²) in [4.78, 5) is 6.70. The quantitative estimate of drug-likeness (QED) is 0.110. The number of anilines is 4. The molecule has 2 aromatic carbocycles. The number of halogens is 2. The van der Waals surface area contributed by atoms with Gasteiger partial charge in [-0.2, -0.15) is 0 Å². The molecule has 0 unspecified atom stereocenters. The molecule has 2 saturated heterocycles. The number of ether oxygens (including phenoxy) is 1. The first-order valence-corrected chi connectivity index (χ1v) is 14.4. The van der Waals surface area contributed by atoms with Crippen LogP contribution < -0.4 is 27.3 Å². The summed E-state index contributed by atoms with van der Waals surface area (Å²) in [6.45, 7) is 5.16. The number of likely N-dealkylation sites (tertiary alicyclic amines) is 1. The van der Waals surface area contributed by atoms with E-state index in [9.17, 15) is 8.78 Å². The first-order chi connectivity index (χ1) is 20.3. The van der Waals surface area contributed by atoms with Crippen LogP contribution in [0.5, 0.6) is 0 Å². The van der Waals surface area contributed by atoms with Gasteiger partial charge in [0.1, 0.15) is 23.1 Å². The SMILES string of the molecule is CB(ONC(=N)c1nc(Nc2cc(F)ccc2F)ccc1N)c1ccc(C2CCN(C)CC2)cc1NC1CCOCC1. The molecule has 0 amide bonds. The Morgan fingerprint density at radius 3 is 2.57 bits per heavy atom. The van der Waals surface area contributed by atoms with E-state index in [1.165, 1.54) is 11.6 Å². The number of rotatable bonds is 9. The van der Waals surface area contributed by atoms with Crippen LogP contribution in [0.2, 0.25) is 6.82 Å². The minimum absolute atomic E-state index is 0.0733. The summed E-state index contributed by atoms with van der Waals surface area (Å²) in [6.07, 6.45) is 4.13. The number of piperidine rings is 1. The fraction of sp³-hybridized carbons (Fsp3) is 0.400. The van der Waals surface area contributed by atoms with Crippen LogP contribution in [0.15, 0.2) is 48.5 Å². The smallest absolute Gasteiger partial charge is 0.361 e. The Balaban J connectivity index is 1.29. The lowest BCUT2D eigenvalue weighted by Gasteiger charge is -2.31. The summed E-state index contributed by atoms with van der Waals surface area (Å²) in [5.74, 6) is -0.658. The van der Waals surface area contributed by atoms with Crippen LogP contribution in [0.1, 0.15) is 42.9 Å². The van der Waals surface area contributed by atoms with E-state index in [1.54, 1.807) is 6.07 Å². The highest BCUT2D eigenvalue weighted by atomic mass is 19.1. The second-order valence-corrected chi connectivity index (χ2v) is 11.1. The van der Waals surface area contributed by atoms with E-state index in [4.69, 9.17) is 20.6 Å². The van der Waals surface area contributed by atoms with Crippen molar-refractivity contribution >= 4 is 41.1 Å². The maximum Gasteiger partial charge on any atom is 0.361 e. The molecular weight excluding hydrogens is 539 g/mol. The minimum atomic E-state index is -0.631. The second kappa shape index (κ2) is 13.5. The second-order valence-electron chi connectivity index (χ2n) is 11.1. The van der Waals surface area contributed by atoms with Gasteiger partial charge in [0, 0.05) is 31.0 Å². The Kier molecular flexibility index (Phi) is 9.56. The summed E-state index contributed by atoms with van der Waals surface area (Å²) in [5.41, 5.74) is 12.4. The number of pyridine rings is 1. The predicted molar refractivity (Wildman–Crippen MR) is 164 cm³/mol. The van der Waals surface area contributed by atoms with E-state index in [0.717, 1.165) is 81.3 Å². The van der Waals surface area contributed by atoms with Gasteiger partial charge in [-0.3, -0.25) is 10.9 Å². The molecule has 0 spiro atoms. The normalized spacial score (nSPS) is 16.7. The summed E-state index contributed by atoms with van der Waals surface area (Å²) in [7, 11) is 2.17. The van der Waals surface area contributed by atoms with Crippen LogP contribution >= 0.6 is 0 Å². The molecule has 1 aromatic heterocycles. The Morgan fingerprint density at radius 1 is 1.05 bits per heavy atom. The third kappa shape index (κ3) is 7.36. The molecule has 12 heteroatoms. The summed E-state index contributed by atoms with van der Waals surface area (Å²) < 4.78 is 39.2. The first kappa shape index (κ1) is 29.7. The molecule has 2 aliphatic rings. The molecule has 42 heavy (non-hydrogen) atoms. The molecule has 0 aliphatic carbocycles. The number of nitrogens with zero attached hydrogens (tertiary/aromatic N) is 2. The fourth-order valence-electron chi connectivity index (χ4n) is 5.44. The molecular formula is C30H38BF2N7O2. The maximum atomic E-state index is 14.1. The number of hydrogen-bond donors (Lipinski definition) is 5. The first-order valence-electron chi connectivity index (χ1n) is 14.4. The van der Waals surface area contributed by atoms with Crippen molar-refractivity contribution in [2.75, 3.05) is 49.7 Å². The minimum Gasteiger partial charge on any atom is -0.397 e. The number of nitrogens with two attached hydrogens (primary N) is 1. The van der Waals surface area contributed by atoms with Crippen LogP contribution in [0, 0.1) is 17.0 Å². The Labute approximate surface area is 245 Å². The van der Waals surface area contributed by atoms with Crippen molar-refractivity contribution in [3.05, 3.63) is 71.4 Å². The Bertz CT molecular complexity index is 1400. The number of amidine groups is 1. The van der Waals surface area contributed by atoms with E-state index >= 15 is 0 Å². The van der Waals surface area contributed by atoms with Crippen LogP contribution in [0.25, 0.3) is 0 Å². The van der Waals surface area contributed by atoms with Gasteiger partial charge in [-0.25, -0.2) is 13.8 Å². The molecule has 0 bridgehead atoms. The van der Waals surface area contributed by atoms with Gasteiger partial charge >= 0.3 is 6.92 Å². The average molecular weight is 577 g/mol. The van der Waals surface area contributed by atoms with Crippen LogP contribution in [-0.2, 0) is 9.49 Å². The maximum absolute atomic E-state index is 14.1. The van der Waals surface area contributed by atoms with Gasteiger partial charge in [0.2, 0.25) is 0 Å². The van der Waals surface area contributed by atoms with Gasteiger partial charge < -0.3 is 30.8 Å². The molecule has 2 aliphatic heterocycles. The van der Waals surface area contributed by atoms with E-state index < -0.39 is 18.6 Å². The molecule has 222 valence electrons. The Morgan fingerprint density at radius 2 is 1.81 bits per heavy atom. The lowest BCUT2D eigenvalue weighted by atomic mass is 9.62. The van der Waals surface area contributed by atoms with Crippen LogP contribution in [0.3, 0.4) is 0 Å². The van der Waals surface area contributed by atoms with Gasteiger partial charge in [-0.15, -0.1) is 0 Å². The van der Waals surface area contributed by atoms with Gasteiger partial charge in [0.05, 0.1) is 11.4 Å². The number of nitrogens with one attached hydrogen (secondary N) is 4. The summed E-state index contributed by atoms with van der Waals surface area (Å²) in [5, 5.41) is 15.0. The molecule has 0 radical (unpaired) electrons. The van der Waals surface area contributed by atoms with Crippen molar-refractivity contribution in [1.82, 2.24) is 15.4 Å². The third-order valence-electron chi connectivity index (χ3n) is 7.98. The number of hydrogen-bond acceptors (Lipinski definition) is 8. The number of hydroxylamine groups is 1. The Hall–Kier alpha value is -3.74. The number of aromatic nitrogens is 1. The molecule has 9 nitrogen and oxygen atoms in total. The fourth-order valence-corrected chi connectivity index (χ4v) is 5.44. The predicted octanol–water partition coefficient (Wildman–Crippen LogP) is 4.46. The van der Waals surface area contributed by atoms with Gasteiger partial charge in [-0.1, -0.05) is 19.0 Å². The highest BCUT2D eigenvalue weighted by Gasteiger charge is 2.25. The van der Waals surface area contributed by atoms with E-state index in [-0.39, 0.29) is 28.7 Å². The zero-order valence-electron chi connectivity index (χ0n) is 24.1. The standard InChI is InChI=1S/C30H38BF2N7O2/c1-31(42-39-30(35)29-25(34)7-8-28(38-29)37-27-18-21(32)4-6-24(27)33)23-5-3-20(19-9-13-40(2)14-10-19)17-26(23)36-22-11-15-41-16-12-22/h3-8,17-19,22,36H,9-16,34H2,1-2H3,(H2,35,39)(H,37,38). The number of nitrogen functional groups attached to an aromatic ring is 1. The van der Waals surface area contributed by atoms with Crippen LogP contribution in [0.4, 0.5) is 31.7 Å². The molecule has 3 heterocycles. The van der Waals surface area contributed by atoms with Crippen molar-refractivity contribution in [2.45, 2.75) is 44.5 Å². The highest BCUT2D eigenvalue weighted by molar-refractivity contribution is 6.67. The third-order valence-corrected chi connectivity index (χ3v) is 7.98. The van der Waals surface area contributed by atoms with E-state index in [1.807, 2.05) is 6.82 Å². The monoisotopic (exact) mass is 577 g/mol. The van der Waals surface area contributed by atoms with Crippen molar-refractivity contribution in [2.24, 2.45) is 0 Å². The number of benzene rings is 2. The molecule has 6 N–H and O–H groups in total. The van der Waals surface area contributed by atoms with E-state index in [2.05, 4.69) is 51.2 Å². The van der Waals surface area contributed by atoms with Gasteiger partial charge in [-0.05, 0) is 93.1 Å². The van der Waals surface area contributed by atoms with Crippen LogP contribution in [-0.4, -0.2) is 62.0 Å². The van der Waals surface area contributed by atoms with E-state index in [0.29, 0.717) is 12.0 Å². The van der Waals surface area contributed by atoms with Crippen molar-refractivity contribution < 1.29 is 18.3 Å². The van der Waals surface area contributed by atoms with Crippen molar-refractivity contribution in [3.8, 4) is 0 Å². The molecule has 0 atom stereocenters. The molecule has 2 fully saturated rings. The van der Waals surface area contributed by atoms with Gasteiger partial charge in [0.25, 0.3) is 0 Å². The lowest BCUT2D eigenvalue weighted by molar-refractivity contribution is 0.0904. The topological polar surface area (TPSA) is 121 Å². The van der Waals surface area contributed by atoms with Crippen molar-refractivity contribution in [1.29, 1.82) is 5.41 Å². The molecule has 5 rings (SSSR count).